The van der Waals surface area contributed by atoms with Crippen LogP contribution < -0.4 is 10.1 Å². The number of methoxy groups -OCH3 is 3. The molecular weight excluding hydrogens is 760 g/mol. The van der Waals surface area contributed by atoms with E-state index < -0.39 is 63.3 Å². The van der Waals surface area contributed by atoms with Crippen LogP contribution in [0.2, 0.25) is 0 Å². The van der Waals surface area contributed by atoms with E-state index in [2.05, 4.69) is 20.1 Å². The van der Waals surface area contributed by atoms with Crippen molar-refractivity contribution in [2.75, 3.05) is 59.4 Å². The fraction of sp³-hybridized carbons (Fsp3) is 0.578. The molecule has 6 aliphatic rings. The Morgan fingerprint density at radius 3 is 2.46 bits per heavy atom. The number of aromatic amines is 1. The van der Waals surface area contributed by atoms with Gasteiger partial charge in [0, 0.05) is 83.9 Å². The topological polar surface area (TPSA) is 163 Å². The number of benzene rings is 2. The van der Waals surface area contributed by atoms with Gasteiger partial charge in [-0.2, -0.15) is 0 Å². The van der Waals surface area contributed by atoms with Gasteiger partial charge < -0.3 is 39.5 Å². The Hall–Kier alpha value is -4.50. The van der Waals surface area contributed by atoms with Gasteiger partial charge in [0.25, 0.3) is 0 Å². The van der Waals surface area contributed by atoms with Gasteiger partial charge in [0.2, 0.25) is 5.60 Å². The number of nitrogens with one attached hydrogen (secondary N) is 2. The number of hydrogen-bond acceptors (Lipinski definition) is 12. The normalized spacial score (nSPS) is 36.8. The van der Waals surface area contributed by atoms with E-state index in [0.29, 0.717) is 98.4 Å². The molecule has 2 aromatic carbocycles. The summed E-state index contributed by atoms with van der Waals surface area (Å²) in [5.74, 6) is -2.31. The number of piperidine rings is 1. The van der Waals surface area contributed by atoms with Crippen molar-refractivity contribution in [2.24, 2.45) is 11.3 Å². The molecule has 2 saturated heterocycles. The average molecular weight is 815 g/mol. The molecule has 1 spiro atoms. The van der Waals surface area contributed by atoms with Crippen LogP contribution in [0.15, 0.2) is 42.5 Å². The van der Waals surface area contributed by atoms with Crippen molar-refractivity contribution in [2.45, 2.75) is 99.5 Å². The number of anilines is 1. The van der Waals surface area contributed by atoms with Crippen LogP contribution in [-0.4, -0.2) is 126 Å². The molecule has 4 N–H and O–H groups in total. The number of nitrogens with zero attached hydrogens (tertiary/aromatic N) is 2. The number of ether oxygens (including phenoxy) is 4. The zero-order valence-corrected chi connectivity index (χ0v) is 34.7. The van der Waals surface area contributed by atoms with E-state index in [1.54, 1.807) is 6.07 Å². The van der Waals surface area contributed by atoms with Crippen molar-refractivity contribution < 1.29 is 47.9 Å². The number of halogens is 1. The molecular formula is C45H55FN4O9. The third-order valence-corrected chi connectivity index (χ3v) is 15.3. The lowest BCUT2D eigenvalue weighted by atomic mass is 9.47. The summed E-state index contributed by atoms with van der Waals surface area (Å²) in [7, 11) is 4.13. The highest BCUT2D eigenvalue weighted by Crippen LogP contribution is 2.67. The fourth-order valence-electron chi connectivity index (χ4n) is 13.0. The molecule has 5 aliphatic heterocycles. The molecule has 3 aromatic rings. The van der Waals surface area contributed by atoms with E-state index in [1.807, 2.05) is 38.1 Å². The van der Waals surface area contributed by atoms with Crippen LogP contribution in [0.4, 0.5) is 10.1 Å². The highest BCUT2D eigenvalue weighted by atomic mass is 19.1. The van der Waals surface area contributed by atoms with Crippen molar-refractivity contribution in [3.63, 3.8) is 0 Å². The fourth-order valence-corrected chi connectivity index (χ4v) is 13.0. The number of H-pyrrole nitrogens is 1. The molecule has 3 fully saturated rings. The van der Waals surface area contributed by atoms with Crippen molar-refractivity contribution in [3.05, 3.63) is 70.7 Å². The van der Waals surface area contributed by atoms with Crippen LogP contribution in [-0.2, 0) is 45.8 Å². The van der Waals surface area contributed by atoms with Gasteiger partial charge in [0.05, 0.1) is 33.0 Å². The Labute approximate surface area is 343 Å². The van der Waals surface area contributed by atoms with Gasteiger partial charge in [0.15, 0.2) is 6.10 Å². The number of carbonyl (C=O) groups is 3. The van der Waals surface area contributed by atoms with E-state index in [0.717, 1.165) is 11.1 Å². The van der Waals surface area contributed by atoms with E-state index >= 15 is 9.18 Å². The number of hydrogen-bond donors (Lipinski definition) is 4. The van der Waals surface area contributed by atoms with Crippen molar-refractivity contribution in [1.29, 1.82) is 0 Å². The highest BCUT2D eigenvalue weighted by Gasteiger charge is 2.79. The van der Waals surface area contributed by atoms with Crippen LogP contribution in [0.1, 0.15) is 75.3 Å². The van der Waals surface area contributed by atoms with Gasteiger partial charge in [-0.3, -0.25) is 19.4 Å². The molecule has 9 rings (SSSR count). The summed E-state index contributed by atoms with van der Waals surface area (Å²) in [5.41, 5.74) is -2.93. The summed E-state index contributed by atoms with van der Waals surface area (Å²) in [6.45, 7) is 8.16. The van der Waals surface area contributed by atoms with Crippen LogP contribution in [0, 0.1) is 17.2 Å². The molecule has 3 unspecified atom stereocenters. The molecule has 1 saturated carbocycles. The lowest BCUT2D eigenvalue weighted by Gasteiger charge is -2.62. The standard InChI is InChI=1S/C45H55FN4O9/c1-7-41(54)21-26-22-44(39(52)57-5,35-28(12-16-49(23-26)24-41)29-18-27(46)10-11-32(29)47-35)31-19-30-33(20-34(31)56-4)48-36-43(30)14-17-50-15-9-13-42(8-2,37(43)50)38(59-25(3)51)45(36,55)40(53)58-6/h9-11,13,18-20,26,36-38,47-48,54-55H,7-8,12,14-17,21-24H2,1-6H3/t26-,36?,37-,38+,41-,42+,43-,44-,45?/m0/s1. The minimum absolute atomic E-state index is 0.175. The zero-order valence-electron chi connectivity index (χ0n) is 34.7. The first kappa shape index (κ1) is 39.9. The monoisotopic (exact) mass is 814 g/mol. The van der Waals surface area contributed by atoms with Gasteiger partial charge >= 0.3 is 17.9 Å². The first-order valence-corrected chi connectivity index (χ1v) is 20.9. The molecule has 1 aromatic heterocycles. The zero-order chi connectivity index (χ0) is 41.9. The minimum atomic E-state index is -2.35. The smallest absolute Gasteiger partial charge is 0.344 e. The predicted molar refractivity (Wildman–Crippen MR) is 216 cm³/mol. The third kappa shape index (κ3) is 5.31. The Kier molecular flexibility index (Phi) is 9.32. The maximum Gasteiger partial charge on any atom is 0.344 e. The van der Waals surface area contributed by atoms with E-state index in [-0.39, 0.29) is 18.4 Å². The molecule has 0 radical (unpaired) electrons. The Balaban J connectivity index is 1.35. The van der Waals surface area contributed by atoms with Crippen LogP contribution in [0.25, 0.3) is 10.9 Å². The first-order chi connectivity index (χ1) is 28.2. The number of rotatable bonds is 7. The summed E-state index contributed by atoms with van der Waals surface area (Å²) < 4.78 is 38.7. The van der Waals surface area contributed by atoms with Gasteiger partial charge in [-0.05, 0) is 86.4 Å². The molecule has 14 heteroatoms. The summed E-state index contributed by atoms with van der Waals surface area (Å²) in [6, 6.07) is 7.06. The number of aliphatic hydroxyl groups is 2. The van der Waals surface area contributed by atoms with Gasteiger partial charge in [-0.25, -0.2) is 9.18 Å². The van der Waals surface area contributed by atoms with Crippen molar-refractivity contribution >= 4 is 34.5 Å². The van der Waals surface area contributed by atoms with Gasteiger partial charge in [0.1, 0.15) is 17.0 Å². The minimum Gasteiger partial charge on any atom is -0.496 e. The lowest BCUT2D eigenvalue weighted by molar-refractivity contribution is -0.226. The Bertz CT molecular complexity index is 2280. The highest BCUT2D eigenvalue weighted by molar-refractivity contribution is 5.95. The van der Waals surface area contributed by atoms with Gasteiger partial charge in [-0.15, -0.1) is 0 Å². The molecule has 59 heavy (non-hydrogen) atoms. The Morgan fingerprint density at radius 2 is 1.76 bits per heavy atom. The number of fused-ring (bicyclic) bond motifs is 6. The van der Waals surface area contributed by atoms with E-state index in [9.17, 15) is 19.8 Å². The first-order valence-electron chi connectivity index (χ1n) is 20.9. The maximum atomic E-state index is 15.2. The second-order valence-electron chi connectivity index (χ2n) is 17.9. The quantitative estimate of drug-likeness (QED) is 0.154. The average Bonchev–Trinajstić information content (AvgIpc) is 3.91. The summed E-state index contributed by atoms with van der Waals surface area (Å²) in [4.78, 5) is 50.6. The van der Waals surface area contributed by atoms with Crippen LogP contribution in [0.5, 0.6) is 5.75 Å². The predicted octanol–water partition coefficient (Wildman–Crippen LogP) is 4.11. The molecule has 6 heterocycles. The van der Waals surface area contributed by atoms with Crippen LogP contribution >= 0.6 is 0 Å². The third-order valence-electron chi connectivity index (χ3n) is 15.3. The maximum absolute atomic E-state index is 15.2. The largest absolute Gasteiger partial charge is 0.496 e. The van der Waals surface area contributed by atoms with E-state index in [1.165, 1.54) is 40.4 Å². The molecule has 316 valence electrons. The SMILES string of the molecule is CC[C@]1(O)C[C@@H]2CN(CCc3c([nH]c4ccc(F)cc34)[C@@](C(=O)OC)(c3cc4c(cc3OC)NC3C(O)(C(=O)OC)[C@H](OC(C)=O)[C@]5(CC)C=CCN6CC[C@]43[C@@H]65)C2)C1. The molecule has 1 aliphatic carbocycles. The number of esters is 3. The van der Waals surface area contributed by atoms with E-state index in [4.69, 9.17) is 18.9 Å². The molecule has 10 atom stereocenters. The lowest BCUT2D eigenvalue weighted by Crippen LogP contribution is -2.80. The number of aromatic nitrogens is 1. The second kappa shape index (κ2) is 13.8. The molecule has 0 amide bonds. The number of carbonyl (C=O) groups excluding carboxylic acids is 3. The van der Waals surface area contributed by atoms with Crippen molar-refractivity contribution in [3.8, 4) is 5.75 Å². The molecule has 2 bridgehead atoms. The molecule has 13 nitrogen and oxygen atoms in total. The van der Waals surface area contributed by atoms with Gasteiger partial charge in [-0.1, -0.05) is 26.0 Å². The van der Waals surface area contributed by atoms with Crippen molar-refractivity contribution in [1.82, 2.24) is 14.8 Å². The van der Waals surface area contributed by atoms with Crippen LogP contribution in [0.3, 0.4) is 0 Å². The Morgan fingerprint density at radius 1 is 0.983 bits per heavy atom. The summed E-state index contributed by atoms with van der Waals surface area (Å²) in [5, 5.41) is 29.3. The summed E-state index contributed by atoms with van der Waals surface area (Å²) in [6.07, 6.45) is 5.36. The summed E-state index contributed by atoms with van der Waals surface area (Å²) >= 11 is 0. The second-order valence-corrected chi connectivity index (χ2v) is 17.9.